The molecule has 0 heterocycles. The zero-order valence-electron chi connectivity index (χ0n) is 1.88. The molecule has 0 fully saturated rings. The fraction of sp³-hybridized carbons (Fsp3) is 0. The maximum absolute atomic E-state index is 9.42. The molecular weight excluding hydrogens is 110 g/mol. The van der Waals surface area contributed by atoms with Gasteiger partial charge in [-0.2, -0.15) is 0 Å². The molecule has 1 nitrogen and oxygen atoms in total. The highest BCUT2D eigenvalue weighted by atomic mass is 32.8. The molecule has 2 unspecified atom stereocenters. The van der Waals surface area contributed by atoms with E-state index in [1.807, 2.05) is 8.93 Å². The Morgan fingerprint density at radius 2 is 2.00 bits per heavy atom. The van der Waals surface area contributed by atoms with Crippen molar-refractivity contribution in [2.45, 2.75) is 0 Å². The second kappa shape index (κ2) is 2.14. The first-order valence-corrected chi connectivity index (χ1v) is 4.67. The van der Waals surface area contributed by atoms with Crippen molar-refractivity contribution in [3.05, 3.63) is 0 Å². The summed E-state index contributed by atoms with van der Waals surface area (Å²) in [7, 11) is 2.03. The van der Waals surface area contributed by atoms with E-state index in [0.29, 0.717) is 0 Å². The average Bonchev–Trinajstić information content (AvgIpc) is 0.811. The van der Waals surface area contributed by atoms with Crippen molar-refractivity contribution in [3.8, 4) is 0 Å². The van der Waals surface area contributed by atoms with E-state index in [0.717, 1.165) is 0 Å². The van der Waals surface area contributed by atoms with Crippen molar-refractivity contribution in [1.82, 2.24) is 0 Å². The molecule has 0 aliphatic carbocycles. The second-order valence-corrected chi connectivity index (χ2v) is 4.80. The Hall–Kier alpha value is 0.880. The van der Waals surface area contributed by atoms with Gasteiger partial charge in [-0.25, -0.2) is 0 Å². The van der Waals surface area contributed by atoms with Gasteiger partial charge in [-0.3, -0.25) is 0 Å². The van der Waals surface area contributed by atoms with E-state index in [9.17, 15) is 4.57 Å². The van der Waals surface area contributed by atoms with Crippen LogP contribution < -0.4 is 0 Å². The lowest BCUT2D eigenvalue weighted by molar-refractivity contribution is 0.603. The summed E-state index contributed by atoms with van der Waals surface area (Å²) >= 11 is 3.44. The zero-order valence-corrected chi connectivity index (χ0v) is 4.82. The Morgan fingerprint density at radius 1 is 2.00 bits per heavy atom. The molecule has 4 heavy (non-hydrogen) atoms. The van der Waals surface area contributed by atoms with Crippen LogP contribution in [0.2, 0.25) is 0 Å². The fourth-order valence-corrected chi connectivity index (χ4v) is 0. The lowest BCUT2D eigenvalue weighted by atomic mass is 16.0. The van der Waals surface area contributed by atoms with Crippen LogP contribution in [0.4, 0.5) is 0 Å². The Kier molecular flexibility index (Phi) is 2.61. The summed E-state index contributed by atoms with van der Waals surface area (Å²) in [5.74, 6) is 0. The second-order valence-electron chi connectivity index (χ2n) is 0.303. The van der Waals surface area contributed by atoms with Crippen LogP contribution >= 0.6 is 27.9 Å². The van der Waals surface area contributed by atoms with Crippen molar-refractivity contribution in [2.75, 3.05) is 0 Å². The van der Waals surface area contributed by atoms with E-state index in [1.54, 1.807) is 0 Å². The first-order chi connectivity index (χ1) is 1.73. The van der Waals surface area contributed by atoms with E-state index in [4.69, 9.17) is 0 Å². The Bertz CT molecular complexity index is 29.0. The molecule has 0 amide bonds. The number of hydrogen-bond acceptors (Lipinski definition) is 1. The number of thiol groups is 1. The summed E-state index contributed by atoms with van der Waals surface area (Å²) in [5.41, 5.74) is 0. The van der Waals surface area contributed by atoms with Crippen molar-refractivity contribution in [1.29, 1.82) is 0 Å². The fourth-order valence-electron chi connectivity index (χ4n) is 0. The summed E-state index contributed by atoms with van der Waals surface area (Å²) < 4.78 is 9.42. The highest BCUT2D eigenvalue weighted by Gasteiger charge is 1.85. The van der Waals surface area contributed by atoms with E-state index in [2.05, 4.69) is 12.2 Å². The van der Waals surface area contributed by atoms with Crippen LogP contribution in [0.15, 0.2) is 0 Å². The number of rotatable bonds is 0. The summed E-state index contributed by atoms with van der Waals surface area (Å²) in [5, 5.41) is 0. The molecule has 0 aliphatic heterocycles. The molecular formula is H3OP2S+. The molecule has 0 aromatic carbocycles. The third-order valence-electron chi connectivity index (χ3n) is 0. The van der Waals surface area contributed by atoms with Crippen molar-refractivity contribution >= 4 is 27.9 Å². The minimum atomic E-state index is -1.26. The summed E-state index contributed by atoms with van der Waals surface area (Å²) in [4.78, 5) is 0. The van der Waals surface area contributed by atoms with Gasteiger partial charge in [-0.05, 0) is 0 Å². The minimum absolute atomic E-state index is 1.26. The van der Waals surface area contributed by atoms with Gasteiger partial charge in [-0.1, -0.05) is 4.57 Å². The van der Waals surface area contributed by atoms with Crippen LogP contribution in [-0.2, 0) is 4.57 Å². The van der Waals surface area contributed by atoms with Gasteiger partial charge in [0.05, 0.1) is 0 Å². The van der Waals surface area contributed by atoms with Gasteiger partial charge < -0.3 is 0 Å². The molecule has 0 spiro atoms. The van der Waals surface area contributed by atoms with E-state index < -0.39 is 6.69 Å². The highest BCUT2D eigenvalue weighted by molar-refractivity contribution is 8.59. The first kappa shape index (κ1) is 4.88. The molecule has 0 rings (SSSR count). The van der Waals surface area contributed by atoms with Crippen LogP contribution in [0, 0.1) is 0 Å². The average molecular weight is 113 g/mol. The predicted molar refractivity (Wildman–Crippen MR) is 26.3 cm³/mol. The van der Waals surface area contributed by atoms with Gasteiger partial charge in [0.1, 0.15) is 21.2 Å². The Balaban J connectivity index is 2.80. The third-order valence-corrected chi connectivity index (χ3v) is 0. The molecule has 24 valence electrons. The molecule has 0 bridgehead atoms. The van der Waals surface area contributed by atoms with Crippen LogP contribution in [0.3, 0.4) is 0 Å². The lowest BCUT2D eigenvalue weighted by Crippen LogP contribution is -0.936. The number of hydrogen-bond donors (Lipinski definition) is 1. The molecule has 0 aliphatic rings. The predicted octanol–water partition coefficient (Wildman–Crippen LogP) is 1.45. The van der Waals surface area contributed by atoms with Gasteiger partial charge in [0, 0.05) is 0 Å². The van der Waals surface area contributed by atoms with Gasteiger partial charge in [0.15, 0.2) is 0 Å². The largest absolute Gasteiger partial charge is 0.416 e. The minimum Gasteiger partial charge on any atom is -0.0580 e. The molecule has 0 aromatic heterocycles. The molecule has 4 heteroatoms. The topological polar surface area (TPSA) is 17.1 Å². The van der Waals surface area contributed by atoms with Crippen LogP contribution in [-0.4, -0.2) is 0 Å². The molecule has 0 N–H and O–H groups in total. The third kappa shape index (κ3) is 13.1. The molecule has 0 saturated heterocycles. The normalized spacial score (nSPS) is 11.0. The van der Waals surface area contributed by atoms with E-state index in [1.165, 1.54) is 0 Å². The maximum Gasteiger partial charge on any atom is 0.416 e. The van der Waals surface area contributed by atoms with E-state index in [-0.39, 0.29) is 0 Å². The maximum atomic E-state index is 9.42. The molecule has 0 radical (unpaired) electrons. The molecule has 0 aromatic rings. The SMILES string of the molecule is O=[P+](P)S. The van der Waals surface area contributed by atoms with Crippen molar-refractivity contribution in [3.63, 3.8) is 0 Å². The van der Waals surface area contributed by atoms with Crippen LogP contribution in [0.25, 0.3) is 0 Å². The summed E-state index contributed by atoms with van der Waals surface area (Å²) in [6.07, 6.45) is 0. The quantitative estimate of drug-likeness (QED) is 0.371. The first-order valence-electron chi connectivity index (χ1n) is 0.641. The Morgan fingerprint density at radius 3 is 2.00 bits per heavy atom. The summed E-state index contributed by atoms with van der Waals surface area (Å²) in [6.45, 7) is -1.26. The van der Waals surface area contributed by atoms with Gasteiger partial charge in [0.2, 0.25) is 0 Å². The standard InChI is InChI=1S/H2OP2S/c1-3(2)4/h2H2/p+1. The van der Waals surface area contributed by atoms with Gasteiger partial charge in [0.25, 0.3) is 0 Å². The smallest absolute Gasteiger partial charge is 0.0580 e. The molecule has 2 atom stereocenters. The summed E-state index contributed by atoms with van der Waals surface area (Å²) in [6, 6.07) is 0. The van der Waals surface area contributed by atoms with Crippen molar-refractivity contribution < 1.29 is 4.57 Å². The Labute approximate surface area is 33.2 Å². The van der Waals surface area contributed by atoms with E-state index >= 15 is 0 Å². The van der Waals surface area contributed by atoms with Gasteiger partial charge in [-0.15, -0.1) is 0 Å². The van der Waals surface area contributed by atoms with Crippen molar-refractivity contribution in [2.24, 2.45) is 0 Å². The van der Waals surface area contributed by atoms with Crippen LogP contribution in [0.1, 0.15) is 0 Å². The van der Waals surface area contributed by atoms with Gasteiger partial charge >= 0.3 is 6.69 Å². The van der Waals surface area contributed by atoms with Crippen LogP contribution in [0.5, 0.6) is 0 Å². The molecule has 0 saturated carbocycles. The lowest BCUT2D eigenvalue weighted by Gasteiger charge is -1.34. The monoisotopic (exact) mass is 113 g/mol. The highest BCUT2D eigenvalue weighted by Crippen LogP contribution is 2.34. The zero-order chi connectivity index (χ0) is 3.58.